The van der Waals surface area contributed by atoms with Crippen LogP contribution in [-0.4, -0.2) is 53.5 Å². The molecule has 0 aromatic heterocycles. The molecule has 1 unspecified atom stereocenters. The van der Waals surface area contributed by atoms with Crippen molar-refractivity contribution in [3.63, 3.8) is 0 Å². The molecule has 4 aromatic carbocycles. The van der Waals surface area contributed by atoms with Crippen molar-refractivity contribution >= 4 is 29.4 Å². The maximum absolute atomic E-state index is 13.5. The number of likely N-dealkylation sites (N-methyl/N-ethyl adjacent to an activating group) is 1. The van der Waals surface area contributed by atoms with E-state index in [0.29, 0.717) is 29.8 Å². The van der Waals surface area contributed by atoms with E-state index in [-0.39, 0.29) is 34.9 Å². The molecule has 4 rings (SSSR count). The number of esters is 1. The summed E-state index contributed by atoms with van der Waals surface area (Å²) in [6.07, 6.45) is -4.93. The van der Waals surface area contributed by atoms with E-state index in [1.807, 2.05) is 19.9 Å². The van der Waals surface area contributed by atoms with E-state index in [0.717, 1.165) is 12.1 Å². The van der Waals surface area contributed by atoms with Gasteiger partial charge in [-0.05, 0) is 72.5 Å². The lowest BCUT2D eigenvalue weighted by molar-refractivity contribution is -0.145. The fourth-order valence-electron chi connectivity index (χ4n) is 5.09. The molecule has 47 heavy (non-hydrogen) atoms. The molecule has 0 aliphatic rings. The molecule has 0 saturated carbocycles. The lowest BCUT2D eigenvalue weighted by Gasteiger charge is -2.25. The first-order valence-corrected chi connectivity index (χ1v) is 14.9. The SMILES string of the molecule is CCN(CC)C(=O)C(COC(=O)Cc1cc(C(=O)O)ccc1NC(=O)c1ccccc1-c1ccc(C(F)(F)F)cc1)c1ccccc1. The Labute approximate surface area is 269 Å². The fraction of sp³-hybridized carbons (Fsp3) is 0.222. The Morgan fingerprint density at radius 3 is 2.11 bits per heavy atom. The summed E-state index contributed by atoms with van der Waals surface area (Å²) >= 11 is 0. The highest BCUT2D eigenvalue weighted by atomic mass is 19.4. The molecule has 4 aromatic rings. The number of anilines is 1. The van der Waals surface area contributed by atoms with E-state index >= 15 is 0 Å². The van der Waals surface area contributed by atoms with Gasteiger partial charge < -0.3 is 20.1 Å². The van der Waals surface area contributed by atoms with Gasteiger partial charge in [0.15, 0.2) is 0 Å². The van der Waals surface area contributed by atoms with Gasteiger partial charge in [0.25, 0.3) is 5.91 Å². The number of nitrogens with zero attached hydrogens (tertiary/aromatic N) is 1. The Hall–Kier alpha value is -5.45. The number of hydrogen-bond donors (Lipinski definition) is 2. The van der Waals surface area contributed by atoms with Gasteiger partial charge in [0, 0.05) is 24.3 Å². The third-order valence-electron chi connectivity index (χ3n) is 7.62. The minimum Gasteiger partial charge on any atom is -0.478 e. The smallest absolute Gasteiger partial charge is 0.416 e. The second kappa shape index (κ2) is 15.2. The summed E-state index contributed by atoms with van der Waals surface area (Å²) in [7, 11) is 0. The number of rotatable bonds is 12. The summed E-state index contributed by atoms with van der Waals surface area (Å²) in [5.41, 5.74) is 0.890. The molecule has 2 N–H and O–H groups in total. The number of carbonyl (C=O) groups is 4. The van der Waals surface area contributed by atoms with Gasteiger partial charge in [-0.3, -0.25) is 14.4 Å². The molecular formula is C36H33F3N2O6. The van der Waals surface area contributed by atoms with Crippen LogP contribution in [0.4, 0.5) is 18.9 Å². The average molecular weight is 647 g/mol. The Balaban J connectivity index is 1.57. The van der Waals surface area contributed by atoms with Crippen LogP contribution in [0.15, 0.2) is 97.1 Å². The van der Waals surface area contributed by atoms with Crippen molar-refractivity contribution in [2.24, 2.45) is 0 Å². The molecule has 0 radical (unpaired) electrons. The Kier molecular flexibility index (Phi) is 11.1. The fourth-order valence-corrected chi connectivity index (χ4v) is 5.09. The normalized spacial score (nSPS) is 11.8. The quantitative estimate of drug-likeness (QED) is 0.159. The minimum absolute atomic E-state index is 0.130. The van der Waals surface area contributed by atoms with Gasteiger partial charge in [-0.15, -0.1) is 0 Å². The highest BCUT2D eigenvalue weighted by Gasteiger charge is 2.30. The van der Waals surface area contributed by atoms with Crippen LogP contribution < -0.4 is 5.32 Å². The zero-order chi connectivity index (χ0) is 34.1. The third-order valence-corrected chi connectivity index (χ3v) is 7.62. The Morgan fingerprint density at radius 2 is 1.49 bits per heavy atom. The standard InChI is InChI=1S/C36H33F3N2O6/c1-3-41(4-2)34(44)30(23-10-6-5-7-11-23)22-47-32(42)21-26-20-25(35(45)46)16-19-31(26)40-33(43)29-13-9-8-12-28(29)24-14-17-27(18-15-24)36(37,38)39/h5-20,30H,3-4,21-22H2,1-2H3,(H,40,43)(H,45,46). The van der Waals surface area contributed by atoms with Gasteiger partial charge in [0.1, 0.15) is 6.61 Å². The van der Waals surface area contributed by atoms with Crippen LogP contribution in [0.1, 0.15) is 57.2 Å². The number of ether oxygens (including phenoxy) is 1. The number of halogens is 3. The highest BCUT2D eigenvalue weighted by molar-refractivity contribution is 6.09. The second-order valence-electron chi connectivity index (χ2n) is 10.6. The molecule has 0 bridgehead atoms. The summed E-state index contributed by atoms with van der Waals surface area (Å²) in [5, 5.41) is 12.3. The molecule has 0 fully saturated rings. The maximum Gasteiger partial charge on any atom is 0.416 e. The zero-order valence-corrected chi connectivity index (χ0v) is 25.7. The third kappa shape index (κ3) is 8.63. The van der Waals surface area contributed by atoms with Crippen LogP contribution in [0.25, 0.3) is 11.1 Å². The van der Waals surface area contributed by atoms with Crippen LogP contribution >= 0.6 is 0 Å². The van der Waals surface area contributed by atoms with Crippen molar-refractivity contribution < 1.29 is 42.2 Å². The van der Waals surface area contributed by atoms with Crippen molar-refractivity contribution in [2.75, 3.05) is 25.0 Å². The van der Waals surface area contributed by atoms with Crippen LogP contribution in [0.5, 0.6) is 0 Å². The lowest BCUT2D eigenvalue weighted by Crippen LogP contribution is -2.37. The van der Waals surface area contributed by atoms with E-state index in [1.165, 1.54) is 36.4 Å². The first-order valence-electron chi connectivity index (χ1n) is 14.9. The first-order chi connectivity index (χ1) is 22.4. The average Bonchev–Trinajstić information content (AvgIpc) is 3.06. The van der Waals surface area contributed by atoms with Gasteiger partial charge in [-0.25, -0.2) is 4.79 Å². The number of nitrogens with one attached hydrogen (secondary N) is 1. The molecule has 0 heterocycles. The molecule has 11 heteroatoms. The maximum atomic E-state index is 13.5. The van der Waals surface area contributed by atoms with Crippen LogP contribution in [0.2, 0.25) is 0 Å². The largest absolute Gasteiger partial charge is 0.478 e. The molecular weight excluding hydrogens is 613 g/mol. The number of amides is 2. The summed E-state index contributed by atoms with van der Waals surface area (Å²) in [6.45, 7) is 4.39. The van der Waals surface area contributed by atoms with Crippen LogP contribution in [0.3, 0.4) is 0 Å². The number of aromatic carboxylic acids is 1. The van der Waals surface area contributed by atoms with E-state index in [9.17, 15) is 37.5 Å². The van der Waals surface area contributed by atoms with E-state index in [4.69, 9.17) is 4.74 Å². The number of carboxylic acids is 1. The molecule has 0 aliphatic carbocycles. The van der Waals surface area contributed by atoms with Crippen LogP contribution in [-0.2, 0) is 26.9 Å². The number of carbonyl (C=O) groups excluding carboxylic acids is 3. The summed E-state index contributed by atoms with van der Waals surface area (Å²) in [6, 6.07) is 23.5. The van der Waals surface area contributed by atoms with Gasteiger partial charge in [0.2, 0.25) is 5.91 Å². The zero-order valence-electron chi connectivity index (χ0n) is 25.7. The van der Waals surface area contributed by atoms with Gasteiger partial charge in [-0.2, -0.15) is 13.2 Å². The topological polar surface area (TPSA) is 113 Å². The summed E-state index contributed by atoms with van der Waals surface area (Å²) in [5.74, 6) is -3.60. The van der Waals surface area contributed by atoms with Gasteiger partial charge in [-0.1, -0.05) is 60.7 Å². The second-order valence-corrected chi connectivity index (χ2v) is 10.6. The van der Waals surface area contributed by atoms with Crippen molar-refractivity contribution in [1.29, 1.82) is 0 Å². The minimum atomic E-state index is -4.52. The number of hydrogen-bond acceptors (Lipinski definition) is 5. The summed E-state index contributed by atoms with van der Waals surface area (Å²) in [4.78, 5) is 53.3. The molecule has 244 valence electrons. The van der Waals surface area contributed by atoms with Crippen molar-refractivity contribution in [1.82, 2.24) is 4.90 Å². The van der Waals surface area contributed by atoms with Crippen molar-refractivity contribution in [3.8, 4) is 11.1 Å². The molecule has 2 amide bonds. The predicted molar refractivity (Wildman–Crippen MR) is 170 cm³/mol. The van der Waals surface area contributed by atoms with E-state index in [2.05, 4.69) is 5.32 Å². The van der Waals surface area contributed by atoms with Crippen LogP contribution in [0, 0.1) is 0 Å². The van der Waals surface area contributed by atoms with Gasteiger partial charge in [0.05, 0.1) is 23.5 Å². The molecule has 0 aliphatic heterocycles. The van der Waals surface area contributed by atoms with E-state index < -0.39 is 41.9 Å². The summed E-state index contributed by atoms with van der Waals surface area (Å²) < 4.78 is 44.8. The first kappa shape index (κ1) is 34.4. The van der Waals surface area contributed by atoms with Gasteiger partial charge >= 0.3 is 18.1 Å². The van der Waals surface area contributed by atoms with Crippen molar-refractivity contribution in [2.45, 2.75) is 32.4 Å². The van der Waals surface area contributed by atoms with Crippen molar-refractivity contribution in [3.05, 3.63) is 125 Å². The Morgan fingerprint density at radius 1 is 0.851 bits per heavy atom. The monoisotopic (exact) mass is 646 g/mol. The number of carboxylic acid groups (broad SMARTS) is 1. The number of benzene rings is 4. The predicted octanol–water partition coefficient (Wildman–Crippen LogP) is 7.06. The number of alkyl halides is 3. The molecule has 0 saturated heterocycles. The lowest BCUT2D eigenvalue weighted by atomic mass is 9.97. The Bertz CT molecular complexity index is 1740. The highest BCUT2D eigenvalue weighted by Crippen LogP contribution is 2.32. The molecule has 1 atom stereocenters. The molecule has 8 nitrogen and oxygen atoms in total. The van der Waals surface area contributed by atoms with E-state index in [1.54, 1.807) is 47.4 Å². The molecule has 0 spiro atoms.